The molecule has 2 atom stereocenters. The second-order valence-electron chi connectivity index (χ2n) is 5.52. The minimum atomic E-state index is -0.980. The van der Waals surface area contributed by atoms with Crippen LogP contribution in [0.15, 0.2) is 0 Å². The number of methoxy groups -OCH3 is 6. The van der Waals surface area contributed by atoms with E-state index >= 15 is 0 Å². The predicted molar refractivity (Wildman–Crippen MR) is 99.4 cm³/mol. The van der Waals surface area contributed by atoms with E-state index in [0.29, 0.717) is 20.5 Å². The van der Waals surface area contributed by atoms with Crippen LogP contribution >= 0.6 is 21.6 Å². The summed E-state index contributed by atoms with van der Waals surface area (Å²) in [6, 6.07) is 0. The Bertz CT molecular complexity index is 304. The van der Waals surface area contributed by atoms with E-state index in [1.807, 2.05) is 13.8 Å². The molecule has 0 rings (SSSR count). The summed E-state index contributed by atoms with van der Waals surface area (Å²) in [6.07, 6.45) is 0. The van der Waals surface area contributed by atoms with Crippen molar-refractivity contribution < 1.29 is 28.4 Å². The Labute approximate surface area is 147 Å². The first-order chi connectivity index (χ1) is 10.1. The van der Waals surface area contributed by atoms with Crippen LogP contribution in [0.25, 0.3) is 0 Å². The summed E-state index contributed by atoms with van der Waals surface area (Å²) in [5, 5.41) is -3.08. The highest BCUT2D eigenvalue weighted by Crippen LogP contribution is 2.53. The minimum absolute atomic E-state index is 0.559. The van der Waals surface area contributed by atoms with Crippen LogP contribution in [0.5, 0.6) is 0 Å². The van der Waals surface area contributed by atoms with E-state index in [4.69, 9.17) is 28.4 Å². The van der Waals surface area contributed by atoms with E-state index in [-0.39, 0.29) is 0 Å². The van der Waals surface area contributed by atoms with Crippen molar-refractivity contribution in [2.24, 2.45) is 0 Å². The van der Waals surface area contributed by atoms with Gasteiger partial charge in [0.1, 0.15) is 10.4 Å². The minimum Gasteiger partial charge on any atom is -0.377 e. The lowest BCUT2D eigenvalue weighted by Crippen LogP contribution is -2.57. The van der Waals surface area contributed by atoms with Gasteiger partial charge in [0, 0.05) is 42.7 Å². The molecule has 134 valence electrons. The van der Waals surface area contributed by atoms with Gasteiger partial charge in [0.25, 0.3) is 10.2 Å². The molecule has 0 aliphatic rings. The molecule has 0 aromatic carbocycles. The molecular formula is C12H30O6S2Si2. The summed E-state index contributed by atoms with van der Waals surface area (Å²) < 4.78 is 33.9. The molecule has 0 amide bonds. The normalized spacial score (nSPS) is 19.1. The molecule has 0 heterocycles. The average Bonchev–Trinajstić information content (AvgIpc) is 2.52. The Morgan fingerprint density at radius 3 is 0.909 bits per heavy atom. The Hall–Kier alpha value is 0.894. The summed E-state index contributed by atoms with van der Waals surface area (Å²) in [6.45, 7) is 3.91. The highest BCUT2D eigenvalue weighted by Gasteiger charge is 2.54. The predicted octanol–water partition coefficient (Wildman–Crippen LogP) is -0.283. The highest BCUT2D eigenvalue weighted by atomic mass is 33.1. The van der Waals surface area contributed by atoms with Crippen LogP contribution in [-0.2, 0) is 28.4 Å². The van der Waals surface area contributed by atoms with Crippen molar-refractivity contribution >= 4 is 42.1 Å². The van der Waals surface area contributed by atoms with E-state index < -0.39 is 20.7 Å². The van der Waals surface area contributed by atoms with Crippen LogP contribution in [-0.4, -0.2) is 83.8 Å². The van der Waals surface area contributed by atoms with Gasteiger partial charge in [-0.25, -0.2) is 0 Å². The SMILES string of the molecule is COC(C)([SiH3])C(OC)(OC)SSC(OC)(OC)C(C)([SiH3])OC. The van der Waals surface area contributed by atoms with Gasteiger partial charge in [0.05, 0.1) is 20.5 Å². The first-order valence-corrected chi connectivity index (χ1v) is 10.9. The summed E-state index contributed by atoms with van der Waals surface area (Å²) in [5.41, 5.74) is 0. The van der Waals surface area contributed by atoms with Gasteiger partial charge >= 0.3 is 0 Å². The average molecular weight is 391 g/mol. The maximum atomic E-state index is 5.66. The summed E-state index contributed by atoms with van der Waals surface area (Å²) >= 11 is 0. The van der Waals surface area contributed by atoms with Gasteiger partial charge in [0.15, 0.2) is 0 Å². The Morgan fingerprint density at radius 1 is 0.545 bits per heavy atom. The van der Waals surface area contributed by atoms with Crippen molar-refractivity contribution in [3.05, 3.63) is 0 Å². The van der Waals surface area contributed by atoms with Crippen LogP contribution in [0, 0.1) is 0 Å². The molecule has 0 saturated carbocycles. The molecule has 2 unspecified atom stereocenters. The van der Waals surface area contributed by atoms with Crippen molar-refractivity contribution in [1.29, 1.82) is 0 Å². The van der Waals surface area contributed by atoms with Gasteiger partial charge in [0.2, 0.25) is 0 Å². The van der Waals surface area contributed by atoms with Crippen molar-refractivity contribution in [2.75, 3.05) is 42.7 Å². The Morgan fingerprint density at radius 2 is 0.773 bits per heavy atom. The smallest absolute Gasteiger partial charge is 0.253 e. The van der Waals surface area contributed by atoms with Gasteiger partial charge < -0.3 is 28.4 Å². The largest absolute Gasteiger partial charge is 0.377 e. The Balaban J connectivity index is 5.50. The molecule has 22 heavy (non-hydrogen) atoms. The maximum Gasteiger partial charge on any atom is 0.253 e. The van der Waals surface area contributed by atoms with Crippen LogP contribution in [0.2, 0.25) is 0 Å². The monoisotopic (exact) mass is 390 g/mol. The lowest BCUT2D eigenvalue weighted by molar-refractivity contribution is -0.215. The third kappa shape index (κ3) is 4.29. The molecule has 0 aliphatic carbocycles. The van der Waals surface area contributed by atoms with Gasteiger partial charge in [-0.05, 0) is 35.4 Å². The van der Waals surface area contributed by atoms with Gasteiger partial charge in [-0.3, -0.25) is 0 Å². The Kier molecular flexibility index (Phi) is 9.19. The van der Waals surface area contributed by atoms with E-state index in [9.17, 15) is 0 Å². The molecule has 0 saturated heterocycles. The number of hydrogen-bond donors (Lipinski definition) is 0. The molecule has 6 nitrogen and oxygen atoms in total. The molecule has 0 aromatic rings. The van der Waals surface area contributed by atoms with Crippen molar-refractivity contribution in [3.63, 3.8) is 0 Å². The fraction of sp³-hybridized carbons (Fsp3) is 1.00. The van der Waals surface area contributed by atoms with Crippen LogP contribution < -0.4 is 0 Å². The van der Waals surface area contributed by atoms with Crippen molar-refractivity contribution in [2.45, 2.75) is 34.5 Å². The van der Waals surface area contributed by atoms with E-state index in [0.717, 1.165) is 0 Å². The van der Waals surface area contributed by atoms with E-state index in [1.165, 1.54) is 21.6 Å². The number of hydrogen-bond acceptors (Lipinski definition) is 8. The second kappa shape index (κ2) is 8.83. The number of rotatable bonds is 11. The zero-order chi connectivity index (χ0) is 17.7. The summed E-state index contributed by atoms with van der Waals surface area (Å²) in [4.78, 5) is 0. The summed E-state index contributed by atoms with van der Waals surface area (Å²) in [7, 11) is 13.9. The third-order valence-corrected chi connectivity index (χ3v) is 10.4. The fourth-order valence-corrected chi connectivity index (χ4v) is 7.90. The van der Waals surface area contributed by atoms with E-state index in [2.05, 4.69) is 0 Å². The van der Waals surface area contributed by atoms with Gasteiger partial charge in [-0.1, -0.05) is 0 Å². The van der Waals surface area contributed by atoms with Gasteiger partial charge in [-0.15, -0.1) is 0 Å². The quantitative estimate of drug-likeness (QED) is 0.271. The molecule has 0 aliphatic heterocycles. The third-order valence-electron chi connectivity index (χ3n) is 3.83. The van der Waals surface area contributed by atoms with Crippen LogP contribution in [0.3, 0.4) is 0 Å². The zero-order valence-electron chi connectivity index (χ0n) is 15.3. The van der Waals surface area contributed by atoms with E-state index in [1.54, 1.807) is 42.7 Å². The van der Waals surface area contributed by atoms with Crippen LogP contribution in [0.1, 0.15) is 13.8 Å². The lowest BCUT2D eigenvalue weighted by atomic mass is 10.3. The van der Waals surface area contributed by atoms with Crippen molar-refractivity contribution in [1.82, 2.24) is 0 Å². The van der Waals surface area contributed by atoms with Crippen molar-refractivity contribution in [3.8, 4) is 0 Å². The molecule has 10 heteroatoms. The molecular weight excluding hydrogens is 360 g/mol. The van der Waals surface area contributed by atoms with Gasteiger partial charge in [-0.2, -0.15) is 0 Å². The fourth-order valence-electron chi connectivity index (χ4n) is 1.85. The topological polar surface area (TPSA) is 55.4 Å². The molecule has 0 radical (unpaired) electrons. The summed E-state index contributed by atoms with van der Waals surface area (Å²) in [5.74, 6) is 0. The molecule has 0 N–H and O–H groups in total. The zero-order valence-corrected chi connectivity index (χ0v) is 20.9. The highest BCUT2D eigenvalue weighted by molar-refractivity contribution is 8.77. The molecule has 0 aromatic heterocycles. The second-order valence-corrected chi connectivity index (χ2v) is 11.7. The molecule has 0 spiro atoms. The molecule has 0 fully saturated rings. The lowest BCUT2D eigenvalue weighted by Gasteiger charge is -2.46. The van der Waals surface area contributed by atoms with Crippen LogP contribution in [0.4, 0.5) is 0 Å². The first kappa shape index (κ1) is 22.9. The maximum absolute atomic E-state index is 5.66. The molecule has 0 bridgehead atoms. The number of ether oxygens (including phenoxy) is 6. The first-order valence-electron chi connectivity index (χ1n) is 6.75. The standard InChI is InChI=1S/C12H30O6S2Si2/c1-9(21,13-3)11(15-5,16-6)19-20-12(17-7,18-8)10(2,22)14-4/h1-8,21-22H3.